The maximum absolute atomic E-state index is 13.0. The number of carbonyl (C=O) groups is 2. The molecule has 3 aromatic rings. The van der Waals surface area contributed by atoms with Crippen molar-refractivity contribution in [3.63, 3.8) is 0 Å². The maximum Gasteiger partial charge on any atom is 0.335 e. The molecule has 1 amide bonds. The van der Waals surface area contributed by atoms with Gasteiger partial charge in [-0.15, -0.1) is 0 Å². The van der Waals surface area contributed by atoms with Crippen molar-refractivity contribution >= 4 is 23.2 Å². The third-order valence-corrected chi connectivity index (χ3v) is 4.27. The van der Waals surface area contributed by atoms with Gasteiger partial charge < -0.3 is 15.2 Å². The van der Waals surface area contributed by atoms with Crippen molar-refractivity contribution in [2.24, 2.45) is 0 Å². The van der Waals surface area contributed by atoms with Crippen molar-refractivity contribution in [3.8, 4) is 5.75 Å². The molecule has 7 nitrogen and oxygen atoms in total. The Hall–Kier alpha value is -3.35. The Bertz CT molecular complexity index is 1020. The molecule has 27 heavy (non-hydrogen) atoms. The molecular weight excluding hydrogens is 346 g/mol. The first kappa shape index (κ1) is 18.4. The Morgan fingerprint density at radius 2 is 2.04 bits per heavy atom. The van der Waals surface area contributed by atoms with E-state index >= 15 is 0 Å². The SMILES string of the molecule is CCOc1cccn2c(C(=O)Nc3cc(C(=O)O)ccc3C)c(CC)nc12. The Labute approximate surface area is 156 Å². The molecule has 140 valence electrons. The van der Waals surface area contributed by atoms with Crippen LogP contribution in [0.3, 0.4) is 0 Å². The Balaban J connectivity index is 2.05. The van der Waals surface area contributed by atoms with Crippen LogP contribution in [0.1, 0.15) is 46.0 Å². The average molecular weight is 367 g/mol. The fourth-order valence-electron chi connectivity index (χ4n) is 2.92. The molecule has 0 bridgehead atoms. The van der Waals surface area contributed by atoms with Crippen LogP contribution >= 0.6 is 0 Å². The number of ether oxygens (including phenoxy) is 1. The largest absolute Gasteiger partial charge is 0.490 e. The van der Waals surface area contributed by atoms with E-state index in [2.05, 4.69) is 10.3 Å². The van der Waals surface area contributed by atoms with Gasteiger partial charge in [0.2, 0.25) is 0 Å². The summed E-state index contributed by atoms with van der Waals surface area (Å²) in [6, 6.07) is 8.24. The average Bonchev–Trinajstić information content (AvgIpc) is 3.03. The molecule has 2 N–H and O–H groups in total. The van der Waals surface area contributed by atoms with Crippen LogP contribution in [0.4, 0.5) is 5.69 Å². The number of hydrogen-bond donors (Lipinski definition) is 2. The monoisotopic (exact) mass is 367 g/mol. The zero-order valence-corrected chi connectivity index (χ0v) is 15.4. The molecule has 0 aliphatic heterocycles. The number of rotatable bonds is 6. The summed E-state index contributed by atoms with van der Waals surface area (Å²) in [6.07, 6.45) is 2.34. The third kappa shape index (κ3) is 3.48. The Morgan fingerprint density at radius 3 is 2.70 bits per heavy atom. The smallest absolute Gasteiger partial charge is 0.335 e. The van der Waals surface area contributed by atoms with Crippen molar-refractivity contribution in [2.45, 2.75) is 27.2 Å². The predicted octanol–water partition coefficient (Wildman–Crippen LogP) is 3.55. The van der Waals surface area contributed by atoms with Gasteiger partial charge in [0.25, 0.3) is 5.91 Å². The number of carboxylic acids is 1. The summed E-state index contributed by atoms with van der Waals surface area (Å²) in [4.78, 5) is 28.8. The minimum atomic E-state index is -1.05. The molecule has 3 rings (SSSR count). The van der Waals surface area contributed by atoms with E-state index in [0.717, 1.165) is 5.56 Å². The number of carboxylic acid groups (broad SMARTS) is 1. The van der Waals surface area contributed by atoms with Gasteiger partial charge in [-0.05, 0) is 50.1 Å². The lowest BCUT2D eigenvalue weighted by Gasteiger charge is -2.10. The molecule has 1 aromatic carbocycles. The zero-order valence-electron chi connectivity index (χ0n) is 15.4. The summed E-state index contributed by atoms with van der Waals surface area (Å²) in [5.74, 6) is -0.785. The van der Waals surface area contributed by atoms with Crippen LogP contribution in [0.15, 0.2) is 36.5 Å². The molecule has 0 saturated heterocycles. The number of anilines is 1. The zero-order chi connectivity index (χ0) is 19.6. The first-order valence-electron chi connectivity index (χ1n) is 8.74. The summed E-state index contributed by atoms with van der Waals surface area (Å²) in [5, 5.41) is 12.0. The van der Waals surface area contributed by atoms with Gasteiger partial charge >= 0.3 is 5.97 Å². The first-order chi connectivity index (χ1) is 13.0. The fraction of sp³-hybridized carbons (Fsp3) is 0.250. The second-order valence-corrected chi connectivity index (χ2v) is 6.05. The van der Waals surface area contributed by atoms with Crippen LogP contribution in [0, 0.1) is 6.92 Å². The molecule has 0 radical (unpaired) electrons. The molecule has 0 saturated carbocycles. The molecule has 0 aliphatic carbocycles. The van der Waals surface area contributed by atoms with Crippen LogP contribution in [0.25, 0.3) is 5.65 Å². The van der Waals surface area contributed by atoms with Crippen molar-refractivity contribution in [3.05, 3.63) is 59.0 Å². The summed E-state index contributed by atoms with van der Waals surface area (Å²) in [7, 11) is 0. The molecule has 0 aliphatic rings. The Kier molecular flexibility index (Phi) is 5.12. The van der Waals surface area contributed by atoms with Crippen LogP contribution in [-0.2, 0) is 6.42 Å². The Morgan fingerprint density at radius 1 is 1.26 bits per heavy atom. The van der Waals surface area contributed by atoms with Gasteiger partial charge in [-0.3, -0.25) is 9.20 Å². The highest BCUT2D eigenvalue weighted by molar-refractivity contribution is 6.05. The van der Waals surface area contributed by atoms with Gasteiger partial charge in [0.05, 0.1) is 17.9 Å². The van der Waals surface area contributed by atoms with E-state index < -0.39 is 5.97 Å². The van der Waals surface area contributed by atoms with E-state index in [9.17, 15) is 14.7 Å². The second kappa shape index (κ2) is 7.49. The summed E-state index contributed by atoms with van der Waals surface area (Å²) in [6.45, 7) is 6.12. The van der Waals surface area contributed by atoms with Crippen LogP contribution < -0.4 is 10.1 Å². The van der Waals surface area contributed by atoms with Gasteiger partial charge in [0.15, 0.2) is 11.4 Å². The highest BCUT2D eigenvalue weighted by Crippen LogP contribution is 2.24. The van der Waals surface area contributed by atoms with Crippen molar-refractivity contribution in [1.29, 1.82) is 0 Å². The van der Waals surface area contributed by atoms with Gasteiger partial charge in [-0.25, -0.2) is 9.78 Å². The van der Waals surface area contributed by atoms with Gasteiger partial charge in [0.1, 0.15) is 5.69 Å². The van der Waals surface area contributed by atoms with Gasteiger partial charge in [-0.2, -0.15) is 0 Å². The van der Waals surface area contributed by atoms with E-state index in [-0.39, 0.29) is 11.5 Å². The van der Waals surface area contributed by atoms with E-state index in [1.54, 1.807) is 22.7 Å². The lowest BCUT2D eigenvalue weighted by Crippen LogP contribution is -2.17. The number of nitrogens with one attached hydrogen (secondary N) is 1. The van der Waals surface area contributed by atoms with Crippen molar-refractivity contribution in [2.75, 3.05) is 11.9 Å². The van der Waals surface area contributed by atoms with Crippen LogP contribution in [0.2, 0.25) is 0 Å². The summed E-state index contributed by atoms with van der Waals surface area (Å²) in [5.41, 5.74) is 2.98. The number of fused-ring (bicyclic) bond motifs is 1. The minimum Gasteiger partial charge on any atom is -0.490 e. The number of amides is 1. The molecule has 0 fully saturated rings. The summed E-state index contributed by atoms with van der Waals surface area (Å²) >= 11 is 0. The molecule has 0 unspecified atom stereocenters. The number of hydrogen-bond acceptors (Lipinski definition) is 4. The number of benzene rings is 1. The maximum atomic E-state index is 13.0. The number of aromatic carboxylic acids is 1. The number of carbonyl (C=O) groups excluding carboxylic acids is 1. The van der Waals surface area contributed by atoms with Crippen LogP contribution in [0.5, 0.6) is 5.75 Å². The topological polar surface area (TPSA) is 92.9 Å². The standard InChI is InChI=1S/C20H21N3O4/c1-4-14-17(23-10-6-7-16(27-5-2)18(23)21-14)19(24)22-15-11-13(20(25)26)9-8-12(15)3/h6-11H,4-5H2,1-3H3,(H,22,24)(H,25,26). The summed E-state index contributed by atoms with van der Waals surface area (Å²) < 4.78 is 7.31. The highest BCUT2D eigenvalue weighted by atomic mass is 16.5. The molecule has 0 atom stereocenters. The predicted molar refractivity (Wildman–Crippen MR) is 102 cm³/mol. The van der Waals surface area contributed by atoms with Crippen molar-refractivity contribution < 1.29 is 19.4 Å². The van der Waals surface area contributed by atoms with Gasteiger partial charge in [0, 0.05) is 11.9 Å². The van der Waals surface area contributed by atoms with Gasteiger partial charge in [-0.1, -0.05) is 13.0 Å². The molecule has 2 heterocycles. The lowest BCUT2D eigenvalue weighted by atomic mass is 10.1. The number of aryl methyl sites for hydroxylation is 2. The minimum absolute atomic E-state index is 0.114. The van der Waals surface area contributed by atoms with Crippen molar-refractivity contribution in [1.82, 2.24) is 9.38 Å². The third-order valence-electron chi connectivity index (χ3n) is 4.27. The highest BCUT2D eigenvalue weighted by Gasteiger charge is 2.21. The number of nitrogens with zero attached hydrogens (tertiary/aromatic N) is 2. The number of imidazole rings is 1. The molecule has 0 spiro atoms. The normalized spacial score (nSPS) is 10.8. The second-order valence-electron chi connectivity index (χ2n) is 6.05. The van der Waals surface area contributed by atoms with E-state index in [1.807, 2.05) is 26.8 Å². The molecular formula is C20H21N3O4. The quantitative estimate of drug-likeness (QED) is 0.695. The van der Waals surface area contributed by atoms with E-state index in [1.165, 1.54) is 12.1 Å². The van der Waals surface area contributed by atoms with Crippen LogP contribution in [-0.4, -0.2) is 33.0 Å². The first-order valence-corrected chi connectivity index (χ1v) is 8.74. The fourth-order valence-corrected chi connectivity index (χ4v) is 2.92. The molecule has 2 aromatic heterocycles. The number of pyridine rings is 1. The number of aromatic nitrogens is 2. The van der Waals surface area contributed by atoms with E-state index in [4.69, 9.17) is 4.74 Å². The molecule has 7 heteroatoms. The van der Waals surface area contributed by atoms with E-state index in [0.29, 0.717) is 41.5 Å². The lowest BCUT2D eigenvalue weighted by molar-refractivity contribution is 0.0696.